The predicted molar refractivity (Wildman–Crippen MR) is 83.1 cm³/mol. The third kappa shape index (κ3) is 4.60. The highest BCUT2D eigenvalue weighted by Gasteiger charge is 2.12. The number of hydrogen-bond donors (Lipinski definition) is 0. The molecule has 0 bridgehead atoms. The molecule has 0 spiro atoms. The van der Waals surface area contributed by atoms with Crippen LogP contribution in [0.4, 0.5) is 0 Å². The summed E-state index contributed by atoms with van der Waals surface area (Å²) in [6.07, 6.45) is 2.22. The molecule has 1 aromatic carbocycles. The van der Waals surface area contributed by atoms with Gasteiger partial charge in [0.15, 0.2) is 0 Å². The second kappa shape index (κ2) is 7.27. The SMILES string of the molecule is COc1cc(CC(Cl)c2cccc(OC(C)C)c2)ncn1. The number of alkyl halides is 1. The first-order chi connectivity index (χ1) is 10.1. The molecule has 0 radical (unpaired) electrons. The van der Waals surface area contributed by atoms with Crippen molar-refractivity contribution < 1.29 is 9.47 Å². The Kier molecular flexibility index (Phi) is 5.39. The molecule has 21 heavy (non-hydrogen) atoms. The summed E-state index contributed by atoms with van der Waals surface area (Å²) in [6.45, 7) is 4.00. The number of nitrogens with zero attached hydrogens (tertiary/aromatic N) is 2. The predicted octanol–water partition coefficient (Wildman–Crippen LogP) is 3.80. The number of ether oxygens (including phenoxy) is 2. The Labute approximate surface area is 130 Å². The second-order valence-electron chi connectivity index (χ2n) is 4.96. The summed E-state index contributed by atoms with van der Waals surface area (Å²) in [7, 11) is 1.58. The third-order valence-corrected chi connectivity index (χ3v) is 3.29. The Bertz CT molecular complexity index is 590. The van der Waals surface area contributed by atoms with Gasteiger partial charge in [-0.05, 0) is 31.5 Å². The Morgan fingerprint density at radius 2 is 2.00 bits per heavy atom. The van der Waals surface area contributed by atoms with E-state index >= 15 is 0 Å². The fourth-order valence-corrected chi connectivity index (χ4v) is 2.25. The van der Waals surface area contributed by atoms with Crippen LogP contribution in [0.1, 0.15) is 30.5 Å². The van der Waals surface area contributed by atoms with Crippen molar-refractivity contribution in [3.05, 3.63) is 47.9 Å². The zero-order valence-corrected chi connectivity index (χ0v) is 13.2. The molecule has 2 aromatic rings. The van der Waals surface area contributed by atoms with Gasteiger partial charge in [0, 0.05) is 18.2 Å². The van der Waals surface area contributed by atoms with E-state index in [4.69, 9.17) is 21.1 Å². The van der Waals surface area contributed by atoms with Crippen molar-refractivity contribution in [2.75, 3.05) is 7.11 Å². The molecular formula is C16H19ClN2O2. The van der Waals surface area contributed by atoms with E-state index in [9.17, 15) is 0 Å². The lowest BCUT2D eigenvalue weighted by Crippen LogP contribution is -2.06. The van der Waals surface area contributed by atoms with Gasteiger partial charge in [-0.25, -0.2) is 9.97 Å². The van der Waals surface area contributed by atoms with Crippen molar-refractivity contribution >= 4 is 11.6 Å². The summed E-state index contributed by atoms with van der Waals surface area (Å²) >= 11 is 6.49. The zero-order valence-electron chi connectivity index (χ0n) is 12.4. The number of benzene rings is 1. The van der Waals surface area contributed by atoms with Crippen LogP contribution in [-0.4, -0.2) is 23.2 Å². The van der Waals surface area contributed by atoms with Gasteiger partial charge in [-0.2, -0.15) is 0 Å². The monoisotopic (exact) mass is 306 g/mol. The van der Waals surface area contributed by atoms with Gasteiger partial charge in [0.05, 0.1) is 18.6 Å². The van der Waals surface area contributed by atoms with Crippen molar-refractivity contribution in [3.8, 4) is 11.6 Å². The summed E-state index contributed by atoms with van der Waals surface area (Å²) in [5, 5.41) is -0.180. The first-order valence-corrected chi connectivity index (χ1v) is 7.27. The van der Waals surface area contributed by atoms with Gasteiger partial charge in [0.1, 0.15) is 12.1 Å². The van der Waals surface area contributed by atoms with Gasteiger partial charge in [-0.1, -0.05) is 12.1 Å². The Hall–Kier alpha value is -1.81. The van der Waals surface area contributed by atoms with Gasteiger partial charge < -0.3 is 9.47 Å². The first kappa shape index (κ1) is 15.6. The summed E-state index contributed by atoms with van der Waals surface area (Å²) in [5.41, 5.74) is 1.85. The van der Waals surface area contributed by atoms with Crippen LogP contribution in [0.25, 0.3) is 0 Å². The van der Waals surface area contributed by atoms with Crippen LogP contribution in [0.3, 0.4) is 0 Å². The highest BCUT2D eigenvalue weighted by atomic mass is 35.5. The van der Waals surface area contributed by atoms with E-state index in [2.05, 4.69) is 9.97 Å². The third-order valence-electron chi connectivity index (χ3n) is 2.89. The molecule has 0 saturated carbocycles. The number of hydrogen-bond acceptors (Lipinski definition) is 4. The molecule has 112 valence electrons. The van der Waals surface area contributed by atoms with E-state index < -0.39 is 0 Å². The minimum atomic E-state index is -0.180. The molecule has 1 aromatic heterocycles. The smallest absolute Gasteiger partial charge is 0.216 e. The fraction of sp³-hybridized carbons (Fsp3) is 0.375. The van der Waals surface area contributed by atoms with Crippen LogP contribution in [0.2, 0.25) is 0 Å². The van der Waals surface area contributed by atoms with E-state index in [0.717, 1.165) is 17.0 Å². The largest absolute Gasteiger partial charge is 0.491 e. The van der Waals surface area contributed by atoms with E-state index in [0.29, 0.717) is 12.3 Å². The van der Waals surface area contributed by atoms with Crippen LogP contribution in [0.15, 0.2) is 36.7 Å². The molecule has 4 nitrogen and oxygen atoms in total. The maximum Gasteiger partial charge on any atom is 0.216 e. The summed E-state index contributed by atoms with van der Waals surface area (Å²) in [4.78, 5) is 8.21. The standard InChI is InChI=1S/C16H19ClN2O2/c1-11(2)21-14-6-4-5-12(7-14)15(17)8-13-9-16(20-3)19-10-18-13/h4-7,9-11,15H,8H2,1-3H3. The highest BCUT2D eigenvalue weighted by Crippen LogP contribution is 2.28. The molecule has 0 N–H and O–H groups in total. The average molecular weight is 307 g/mol. The van der Waals surface area contributed by atoms with Gasteiger partial charge in [0.25, 0.3) is 0 Å². The first-order valence-electron chi connectivity index (χ1n) is 6.84. The van der Waals surface area contributed by atoms with Crippen LogP contribution in [0.5, 0.6) is 11.6 Å². The quantitative estimate of drug-likeness (QED) is 0.762. The van der Waals surface area contributed by atoms with Gasteiger partial charge >= 0.3 is 0 Å². The van der Waals surface area contributed by atoms with Crippen LogP contribution < -0.4 is 9.47 Å². The van der Waals surface area contributed by atoms with Crippen molar-refractivity contribution in [2.45, 2.75) is 31.7 Å². The molecule has 1 unspecified atom stereocenters. The Morgan fingerprint density at radius 1 is 1.19 bits per heavy atom. The zero-order chi connectivity index (χ0) is 15.2. The maximum absolute atomic E-state index is 6.49. The molecule has 2 rings (SSSR count). The molecule has 0 aliphatic rings. The molecule has 0 fully saturated rings. The van der Waals surface area contributed by atoms with Crippen LogP contribution >= 0.6 is 11.6 Å². The summed E-state index contributed by atoms with van der Waals surface area (Å²) in [6, 6.07) is 9.63. The number of halogens is 1. The number of methoxy groups -OCH3 is 1. The molecule has 0 amide bonds. The van der Waals surface area contributed by atoms with Crippen molar-refractivity contribution in [2.24, 2.45) is 0 Å². The fourth-order valence-electron chi connectivity index (χ4n) is 1.96. The van der Waals surface area contributed by atoms with E-state index in [-0.39, 0.29) is 11.5 Å². The number of aromatic nitrogens is 2. The number of rotatable bonds is 6. The van der Waals surface area contributed by atoms with Crippen molar-refractivity contribution in [3.63, 3.8) is 0 Å². The maximum atomic E-state index is 6.49. The van der Waals surface area contributed by atoms with Gasteiger partial charge in [-0.3, -0.25) is 0 Å². The lowest BCUT2D eigenvalue weighted by Gasteiger charge is -2.14. The lowest BCUT2D eigenvalue weighted by molar-refractivity contribution is 0.242. The summed E-state index contributed by atoms with van der Waals surface area (Å²) in [5.74, 6) is 1.37. The van der Waals surface area contributed by atoms with Crippen molar-refractivity contribution in [1.82, 2.24) is 9.97 Å². The molecule has 0 saturated heterocycles. The normalized spacial score (nSPS) is 12.2. The van der Waals surface area contributed by atoms with Gasteiger partial charge in [-0.15, -0.1) is 11.6 Å². The molecule has 0 aliphatic carbocycles. The molecule has 5 heteroatoms. The molecule has 1 atom stereocenters. The minimum Gasteiger partial charge on any atom is -0.491 e. The summed E-state index contributed by atoms with van der Waals surface area (Å²) < 4.78 is 10.8. The van der Waals surface area contributed by atoms with E-state index in [1.807, 2.05) is 38.1 Å². The van der Waals surface area contributed by atoms with Crippen LogP contribution in [-0.2, 0) is 6.42 Å². The minimum absolute atomic E-state index is 0.139. The van der Waals surface area contributed by atoms with Crippen molar-refractivity contribution in [1.29, 1.82) is 0 Å². The van der Waals surface area contributed by atoms with Crippen LogP contribution in [0, 0.1) is 0 Å². The molecular weight excluding hydrogens is 288 g/mol. The molecule has 1 heterocycles. The highest BCUT2D eigenvalue weighted by molar-refractivity contribution is 6.20. The lowest BCUT2D eigenvalue weighted by atomic mass is 10.1. The molecule has 0 aliphatic heterocycles. The topological polar surface area (TPSA) is 44.2 Å². The Morgan fingerprint density at radius 3 is 2.71 bits per heavy atom. The Balaban J connectivity index is 2.10. The van der Waals surface area contributed by atoms with E-state index in [1.54, 1.807) is 13.2 Å². The second-order valence-corrected chi connectivity index (χ2v) is 5.49. The van der Waals surface area contributed by atoms with E-state index in [1.165, 1.54) is 6.33 Å². The van der Waals surface area contributed by atoms with Gasteiger partial charge in [0.2, 0.25) is 5.88 Å². The average Bonchev–Trinajstić information content (AvgIpc) is 2.47.